The second-order valence-electron chi connectivity index (χ2n) is 12.7. The summed E-state index contributed by atoms with van der Waals surface area (Å²) in [6, 6.07) is 6.80. The van der Waals surface area contributed by atoms with Crippen molar-refractivity contribution in [2.45, 2.75) is 70.8 Å². The summed E-state index contributed by atoms with van der Waals surface area (Å²) in [5.41, 5.74) is 2.93. The van der Waals surface area contributed by atoms with E-state index in [0.29, 0.717) is 62.0 Å². The maximum absolute atomic E-state index is 11.5. The Balaban J connectivity index is 1.51. The molecule has 4 aromatic rings. The summed E-state index contributed by atoms with van der Waals surface area (Å²) in [4.78, 5) is 16.9. The Morgan fingerprint density at radius 3 is 2.44 bits per heavy atom. The molecule has 4 heterocycles. The number of aromatic nitrogens is 6. The normalized spacial score (nSPS) is 15.9. The van der Waals surface area contributed by atoms with Crippen LogP contribution in [-0.2, 0) is 16.6 Å². The first-order valence-corrected chi connectivity index (χ1v) is 17.7. The average Bonchev–Trinajstić information content (AvgIpc) is 3.56. The van der Waals surface area contributed by atoms with E-state index in [4.69, 9.17) is 19.4 Å². The minimum Gasteiger partial charge on any atom is -0.508 e. The van der Waals surface area contributed by atoms with Gasteiger partial charge in [-0.15, -0.1) is 0 Å². The van der Waals surface area contributed by atoms with Gasteiger partial charge in [0.15, 0.2) is 25.3 Å². The largest absolute Gasteiger partial charge is 0.508 e. The topological polar surface area (TPSA) is 114 Å². The first kappa shape index (κ1) is 30.6. The lowest BCUT2D eigenvalue weighted by Gasteiger charge is -2.38. The standard InChI is InChI=1S/C32H43N7O3Si/c1-8-10-26-23(9-2)21-34-39(26)29-27-28(38(22-33-27)19-20-42-43(6,7)31(3,4)5)35-30(36-29)37-17-15-32(41,16-18-37)24-11-13-25(40)14-12-24/h8-14,21-22,40-41H,2,15-20H2,1,3-7H3/b10-8-. The molecule has 5 rings (SSSR count). The minimum atomic E-state index is -1.91. The number of rotatable bonds is 9. The van der Waals surface area contributed by atoms with Gasteiger partial charge in [-0.1, -0.05) is 51.6 Å². The number of aromatic hydroxyl groups is 1. The van der Waals surface area contributed by atoms with Crippen molar-refractivity contribution in [1.29, 1.82) is 0 Å². The number of imidazole rings is 1. The summed E-state index contributed by atoms with van der Waals surface area (Å²) in [5.74, 6) is 1.33. The molecule has 11 heteroatoms. The predicted octanol–water partition coefficient (Wildman–Crippen LogP) is 5.90. The molecule has 2 N–H and O–H groups in total. The fourth-order valence-corrected chi connectivity index (χ4v) is 6.18. The first-order chi connectivity index (χ1) is 20.4. The number of fused-ring (bicyclic) bond motifs is 1. The SMILES string of the molecule is C=Cc1cnn(-c2nc(N3CCC(O)(c4ccc(O)cc4)CC3)nc3c2ncn3CCO[Si](C)(C)C(C)(C)C)c1/C=C\C. The summed E-state index contributed by atoms with van der Waals surface area (Å²) in [6.07, 6.45) is 10.3. The number of benzene rings is 1. The lowest BCUT2D eigenvalue weighted by Crippen LogP contribution is -2.43. The fourth-order valence-electron chi connectivity index (χ4n) is 5.14. The number of aliphatic hydroxyl groups is 1. The van der Waals surface area contributed by atoms with Crippen LogP contribution in [0.25, 0.3) is 29.1 Å². The molecule has 228 valence electrons. The molecule has 0 saturated carbocycles. The van der Waals surface area contributed by atoms with Crippen molar-refractivity contribution >= 4 is 37.6 Å². The molecule has 0 radical (unpaired) electrons. The Labute approximate surface area is 254 Å². The lowest BCUT2D eigenvalue weighted by molar-refractivity contribution is 0.0115. The van der Waals surface area contributed by atoms with E-state index in [2.05, 4.69) is 50.4 Å². The Morgan fingerprint density at radius 1 is 1.12 bits per heavy atom. The predicted molar refractivity (Wildman–Crippen MR) is 174 cm³/mol. The maximum Gasteiger partial charge on any atom is 0.229 e. The van der Waals surface area contributed by atoms with E-state index in [1.54, 1.807) is 47.5 Å². The van der Waals surface area contributed by atoms with Crippen molar-refractivity contribution in [1.82, 2.24) is 29.3 Å². The highest BCUT2D eigenvalue weighted by molar-refractivity contribution is 6.74. The van der Waals surface area contributed by atoms with Crippen molar-refractivity contribution in [3.8, 4) is 11.6 Å². The Kier molecular flexibility index (Phi) is 8.34. The van der Waals surface area contributed by atoms with Crippen LogP contribution in [0.4, 0.5) is 5.95 Å². The number of allylic oxidation sites excluding steroid dienone is 1. The zero-order valence-electron chi connectivity index (χ0n) is 26.1. The van der Waals surface area contributed by atoms with Crippen LogP contribution >= 0.6 is 0 Å². The molecule has 0 bridgehead atoms. The molecule has 1 fully saturated rings. The van der Waals surface area contributed by atoms with Gasteiger partial charge in [-0.25, -0.2) is 9.67 Å². The molecule has 3 aromatic heterocycles. The van der Waals surface area contributed by atoms with Gasteiger partial charge in [0.25, 0.3) is 0 Å². The summed E-state index contributed by atoms with van der Waals surface area (Å²) in [6.45, 7) is 19.4. The summed E-state index contributed by atoms with van der Waals surface area (Å²) in [7, 11) is -1.91. The van der Waals surface area contributed by atoms with Crippen LogP contribution in [0, 0.1) is 0 Å². The molecule has 10 nitrogen and oxygen atoms in total. The Hall–Kier alpha value is -3.80. The van der Waals surface area contributed by atoms with E-state index >= 15 is 0 Å². The third kappa shape index (κ3) is 6.02. The molecule has 0 amide bonds. The van der Waals surface area contributed by atoms with Gasteiger partial charge in [-0.3, -0.25) is 0 Å². The third-order valence-electron chi connectivity index (χ3n) is 8.89. The Morgan fingerprint density at radius 2 is 1.81 bits per heavy atom. The van der Waals surface area contributed by atoms with Crippen molar-refractivity contribution in [2.75, 3.05) is 24.6 Å². The molecule has 1 aliphatic heterocycles. The molecule has 0 spiro atoms. The lowest BCUT2D eigenvalue weighted by atomic mass is 9.84. The van der Waals surface area contributed by atoms with Gasteiger partial charge in [0, 0.05) is 25.2 Å². The number of piperidine rings is 1. The van der Waals surface area contributed by atoms with E-state index in [0.717, 1.165) is 16.8 Å². The highest BCUT2D eigenvalue weighted by Gasteiger charge is 2.37. The Bertz CT molecular complexity index is 1630. The van der Waals surface area contributed by atoms with Gasteiger partial charge in [0.2, 0.25) is 5.95 Å². The number of nitrogens with zero attached hydrogens (tertiary/aromatic N) is 7. The van der Waals surface area contributed by atoms with Crippen LogP contribution < -0.4 is 4.90 Å². The molecule has 1 saturated heterocycles. The number of anilines is 1. The van der Waals surface area contributed by atoms with E-state index in [1.165, 1.54) is 0 Å². The summed E-state index contributed by atoms with van der Waals surface area (Å²) in [5, 5.41) is 25.9. The fraction of sp³-hybridized carbons (Fsp3) is 0.438. The van der Waals surface area contributed by atoms with Gasteiger partial charge in [-0.05, 0) is 61.7 Å². The molecule has 0 atom stereocenters. The second-order valence-corrected chi connectivity index (χ2v) is 17.5. The van der Waals surface area contributed by atoms with Gasteiger partial charge < -0.3 is 24.1 Å². The van der Waals surface area contributed by atoms with Gasteiger partial charge >= 0.3 is 0 Å². The number of hydrogen-bond acceptors (Lipinski definition) is 8. The van der Waals surface area contributed by atoms with Crippen LogP contribution in [0.5, 0.6) is 5.75 Å². The van der Waals surface area contributed by atoms with Gasteiger partial charge in [0.05, 0.1) is 30.4 Å². The van der Waals surface area contributed by atoms with Crippen molar-refractivity contribution < 1.29 is 14.6 Å². The molecule has 43 heavy (non-hydrogen) atoms. The summed E-state index contributed by atoms with van der Waals surface area (Å²) >= 11 is 0. The number of phenols is 1. The highest BCUT2D eigenvalue weighted by Crippen LogP contribution is 2.37. The van der Waals surface area contributed by atoms with Crippen LogP contribution in [0.3, 0.4) is 0 Å². The third-order valence-corrected chi connectivity index (χ3v) is 13.4. The van der Waals surface area contributed by atoms with E-state index in [9.17, 15) is 10.2 Å². The van der Waals surface area contributed by atoms with E-state index < -0.39 is 13.9 Å². The molecular weight excluding hydrogens is 558 g/mol. The molecule has 0 aliphatic carbocycles. The van der Waals surface area contributed by atoms with E-state index in [-0.39, 0.29) is 10.8 Å². The van der Waals surface area contributed by atoms with Crippen molar-refractivity contribution in [3.63, 3.8) is 0 Å². The van der Waals surface area contributed by atoms with Crippen LogP contribution in [0.15, 0.2) is 49.4 Å². The minimum absolute atomic E-state index is 0.120. The molecular formula is C32H43N7O3Si. The van der Waals surface area contributed by atoms with Crippen molar-refractivity contribution in [2.24, 2.45) is 0 Å². The van der Waals surface area contributed by atoms with Gasteiger partial charge in [-0.2, -0.15) is 15.1 Å². The first-order valence-electron chi connectivity index (χ1n) is 14.8. The van der Waals surface area contributed by atoms with Crippen LogP contribution in [-0.4, -0.2) is 67.5 Å². The molecule has 1 aromatic carbocycles. The molecule has 1 aliphatic rings. The summed E-state index contributed by atoms with van der Waals surface area (Å²) < 4.78 is 10.3. The molecule has 0 unspecified atom stereocenters. The van der Waals surface area contributed by atoms with Crippen molar-refractivity contribution in [3.05, 3.63) is 66.3 Å². The van der Waals surface area contributed by atoms with Crippen LogP contribution in [0.1, 0.15) is 57.4 Å². The average molecular weight is 602 g/mol. The monoisotopic (exact) mass is 601 g/mol. The zero-order chi connectivity index (χ0) is 31.0. The maximum atomic E-state index is 11.5. The number of phenolic OH excluding ortho intramolecular Hbond substituents is 1. The quantitative estimate of drug-likeness (QED) is 0.228. The number of hydrogen-bond donors (Lipinski definition) is 2. The zero-order valence-corrected chi connectivity index (χ0v) is 27.1. The van der Waals surface area contributed by atoms with Crippen LogP contribution in [0.2, 0.25) is 18.1 Å². The second kappa shape index (κ2) is 11.7. The smallest absolute Gasteiger partial charge is 0.229 e. The van der Waals surface area contributed by atoms with Gasteiger partial charge in [0.1, 0.15) is 5.75 Å². The van der Waals surface area contributed by atoms with E-state index in [1.807, 2.05) is 23.6 Å². The highest BCUT2D eigenvalue weighted by atomic mass is 28.4.